The van der Waals surface area contributed by atoms with Crippen LogP contribution in [0, 0.1) is 0 Å². The number of guanidine groups is 2. The van der Waals surface area contributed by atoms with Crippen molar-refractivity contribution >= 4 is 80.6 Å². The molecule has 1 unspecified atom stereocenters. The fourth-order valence-electron chi connectivity index (χ4n) is 11.8. The second-order valence-electron chi connectivity index (χ2n) is 21.0. The fourth-order valence-corrected chi connectivity index (χ4v) is 11.8. The molecule has 83 heavy (non-hydrogen) atoms. The van der Waals surface area contributed by atoms with Gasteiger partial charge in [0, 0.05) is 74.9 Å². The van der Waals surface area contributed by atoms with Crippen LogP contribution in [-0.4, -0.2) is 52.6 Å². The normalized spacial score (nSPS) is 14.4. The lowest BCUT2D eigenvalue weighted by Gasteiger charge is -2.43. The first-order valence-electron chi connectivity index (χ1n) is 29.5. The topological polar surface area (TPSA) is 78.0 Å². The van der Waals surface area contributed by atoms with Crippen LogP contribution in [0.2, 0.25) is 0 Å². The summed E-state index contributed by atoms with van der Waals surface area (Å²) in [5.74, 6) is 2.79. The third-order valence-corrected chi connectivity index (χ3v) is 16.2. The molecule has 0 saturated carbocycles. The summed E-state index contributed by atoms with van der Waals surface area (Å²) in [5, 5.41) is 0. The molecule has 412 valence electrons. The average Bonchev–Trinajstić information content (AvgIpc) is 3.74. The zero-order chi connectivity index (χ0) is 57.0. The lowest BCUT2D eigenvalue weighted by Crippen LogP contribution is -2.59. The van der Waals surface area contributed by atoms with E-state index in [1.807, 2.05) is 11.9 Å². The molecule has 0 aromatic heterocycles. The number of aryl methyl sites for hydroxylation is 6. The molecule has 0 spiro atoms. The van der Waals surface area contributed by atoms with Crippen molar-refractivity contribution in [2.75, 3.05) is 21.7 Å². The Balaban J connectivity index is 0.966. The summed E-state index contributed by atoms with van der Waals surface area (Å²) in [7, 11) is 2.05. The lowest BCUT2D eigenvalue weighted by molar-refractivity contribution is 0.242. The molecule has 0 radical (unpaired) electrons. The highest BCUT2D eigenvalue weighted by molar-refractivity contribution is 6.24. The van der Waals surface area contributed by atoms with Crippen LogP contribution in [0.25, 0.3) is 0 Å². The highest BCUT2D eigenvalue weighted by atomic mass is 15.6. The fraction of sp³-hybridized carbons (Fsp3) is 0.192. The molecule has 0 bridgehead atoms. The van der Waals surface area contributed by atoms with E-state index in [0.29, 0.717) is 23.6 Å². The Bertz CT molecular complexity index is 3840. The average molecular weight is 1090 g/mol. The third-order valence-electron chi connectivity index (χ3n) is 16.2. The molecule has 9 aromatic rings. The van der Waals surface area contributed by atoms with E-state index in [4.69, 9.17) is 25.0 Å². The zero-order valence-corrected chi connectivity index (χ0v) is 48.6. The van der Waals surface area contributed by atoms with Gasteiger partial charge < -0.3 is 19.6 Å². The number of aliphatic imine (C=N–C) groups is 5. The minimum absolute atomic E-state index is 0.476. The van der Waals surface area contributed by atoms with Crippen molar-refractivity contribution in [3.63, 3.8) is 0 Å². The molecular formula is C73H70N10. The van der Waals surface area contributed by atoms with E-state index in [9.17, 15) is 0 Å². The van der Waals surface area contributed by atoms with Crippen LogP contribution in [0.1, 0.15) is 91.6 Å². The van der Waals surface area contributed by atoms with Crippen LogP contribution in [0.3, 0.4) is 0 Å². The van der Waals surface area contributed by atoms with E-state index in [2.05, 4.69) is 280 Å². The monoisotopic (exact) mass is 1090 g/mol. The van der Waals surface area contributed by atoms with Gasteiger partial charge in [-0.1, -0.05) is 151 Å². The van der Waals surface area contributed by atoms with Gasteiger partial charge in [0.25, 0.3) is 0 Å². The lowest BCUT2D eigenvalue weighted by atomic mass is 10.0. The van der Waals surface area contributed by atoms with E-state index < -0.39 is 6.29 Å². The Morgan fingerprint density at radius 3 is 0.916 bits per heavy atom. The molecule has 10 heteroatoms. The summed E-state index contributed by atoms with van der Waals surface area (Å²) >= 11 is 0. The van der Waals surface area contributed by atoms with Crippen molar-refractivity contribution in [1.29, 1.82) is 0 Å². The maximum absolute atomic E-state index is 5.46. The Morgan fingerprint density at radius 2 is 0.590 bits per heavy atom. The van der Waals surface area contributed by atoms with Crippen molar-refractivity contribution in [3.05, 3.63) is 268 Å². The van der Waals surface area contributed by atoms with Gasteiger partial charge in [0.2, 0.25) is 18.2 Å². The van der Waals surface area contributed by atoms with Gasteiger partial charge in [0.1, 0.15) is 5.84 Å². The first kappa shape index (κ1) is 53.9. The molecule has 0 saturated heterocycles. The number of anilines is 9. The number of nitrogens with zero attached hydrogens (tertiary/aromatic N) is 10. The predicted molar refractivity (Wildman–Crippen MR) is 348 cm³/mol. The molecule has 12 rings (SSSR count). The Morgan fingerprint density at radius 1 is 0.313 bits per heavy atom. The second-order valence-corrected chi connectivity index (χ2v) is 21.0. The SMILES string of the molecule is CCc1ccccc1N(c1ccc(C2=NC3=NC(c4ccc(N(c5ccccc5CC)c5ccccc5CC)cc4)=NC4N(C)C(c5ccc(N(c6ccccc6CC)c6ccccc6CC)cc5)=NC(=N2)N34)cc1)c1ccccc1CC. The van der Waals surface area contributed by atoms with Crippen molar-refractivity contribution < 1.29 is 0 Å². The maximum atomic E-state index is 5.46. The Kier molecular flexibility index (Phi) is 15.5. The minimum Gasteiger partial charge on any atom is -0.320 e. The van der Waals surface area contributed by atoms with E-state index >= 15 is 0 Å². The molecular weight excluding hydrogens is 1020 g/mol. The summed E-state index contributed by atoms with van der Waals surface area (Å²) in [6, 6.07) is 78.2. The number of benzene rings is 9. The highest BCUT2D eigenvalue weighted by Crippen LogP contribution is 2.43. The van der Waals surface area contributed by atoms with Gasteiger partial charge >= 0.3 is 0 Å². The van der Waals surface area contributed by atoms with E-state index in [-0.39, 0.29) is 0 Å². The van der Waals surface area contributed by atoms with Gasteiger partial charge in [-0.3, -0.25) is 0 Å². The molecule has 3 aliphatic rings. The predicted octanol–water partition coefficient (Wildman–Crippen LogP) is 17.4. The van der Waals surface area contributed by atoms with E-state index in [1.54, 1.807) is 0 Å². The van der Waals surface area contributed by atoms with Crippen LogP contribution in [0.5, 0.6) is 0 Å². The van der Waals surface area contributed by atoms with Crippen molar-refractivity contribution in [2.45, 2.75) is 86.4 Å². The molecule has 0 fully saturated rings. The summed E-state index contributed by atoms with van der Waals surface area (Å²) in [4.78, 5) is 38.0. The number of hydrogen-bond donors (Lipinski definition) is 0. The Hall–Kier alpha value is -9.67. The van der Waals surface area contributed by atoms with Gasteiger partial charge in [0.05, 0.1) is 0 Å². The highest BCUT2D eigenvalue weighted by Gasteiger charge is 2.42. The van der Waals surface area contributed by atoms with Gasteiger partial charge in [-0.25, -0.2) is 9.89 Å². The van der Waals surface area contributed by atoms with Crippen LogP contribution in [0.15, 0.2) is 243 Å². The summed E-state index contributed by atoms with van der Waals surface area (Å²) in [6.45, 7) is 13.3. The molecule has 0 N–H and O–H groups in total. The minimum atomic E-state index is -0.588. The van der Waals surface area contributed by atoms with Crippen LogP contribution >= 0.6 is 0 Å². The number of rotatable bonds is 18. The van der Waals surface area contributed by atoms with E-state index in [0.717, 1.165) is 101 Å². The largest absolute Gasteiger partial charge is 0.320 e. The maximum Gasteiger partial charge on any atom is 0.239 e. The molecule has 0 amide bonds. The number of para-hydroxylation sites is 6. The summed E-state index contributed by atoms with van der Waals surface area (Å²) in [5.41, 5.74) is 20.4. The van der Waals surface area contributed by atoms with Gasteiger partial charge in [0.15, 0.2) is 11.7 Å². The number of hydrogen-bond acceptors (Lipinski definition) is 10. The van der Waals surface area contributed by atoms with Crippen molar-refractivity contribution in [3.8, 4) is 0 Å². The van der Waals surface area contributed by atoms with E-state index in [1.165, 1.54) is 44.8 Å². The summed E-state index contributed by atoms with van der Waals surface area (Å²) in [6.07, 6.45) is 4.86. The molecule has 1 atom stereocenters. The second kappa shape index (κ2) is 23.8. The first-order valence-corrected chi connectivity index (χ1v) is 29.5. The third kappa shape index (κ3) is 10.3. The molecule has 10 nitrogen and oxygen atoms in total. The summed E-state index contributed by atoms with van der Waals surface area (Å²) < 4.78 is 0. The number of amidine groups is 3. The molecule has 9 aromatic carbocycles. The smallest absolute Gasteiger partial charge is 0.239 e. The zero-order valence-electron chi connectivity index (χ0n) is 48.6. The van der Waals surface area contributed by atoms with Gasteiger partial charge in [-0.2, -0.15) is 20.0 Å². The molecule has 3 heterocycles. The quantitative estimate of drug-likeness (QED) is 0.0855. The van der Waals surface area contributed by atoms with Crippen LogP contribution in [-0.2, 0) is 38.5 Å². The standard InChI is InChI=1S/C73H70N10/c1-8-50-26-14-20-32-62(50)80(63-33-21-15-27-51(63)9-2)59-44-38-56(39-45-59)68-74-71-76-69(57-40-46-60(47-41-57)81(64-34-22-16-28-52(64)10-3)65-35-23-17-29-53(65)11-4)77-73-79(7)70(78-72(75-68)83(71)73)58-42-48-61(49-43-58)82(66-36-24-18-30-54(66)12-5)67-37-25-19-31-55(67)13-6/h14-49,73H,8-13H2,1-7H3. The molecule has 0 aliphatic carbocycles. The van der Waals surface area contributed by atoms with Gasteiger partial charge in [-0.05, 0) is 181 Å². The van der Waals surface area contributed by atoms with Crippen LogP contribution in [0.4, 0.5) is 51.2 Å². The van der Waals surface area contributed by atoms with Crippen molar-refractivity contribution in [1.82, 2.24) is 9.80 Å². The van der Waals surface area contributed by atoms with Gasteiger partial charge in [-0.15, -0.1) is 0 Å². The Labute approximate surface area is 489 Å². The van der Waals surface area contributed by atoms with Crippen LogP contribution < -0.4 is 14.7 Å². The van der Waals surface area contributed by atoms with Crippen molar-refractivity contribution in [2.24, 2.45) is 25.0 Å². The molecule has 3 aliphatic heterocycles. The first-order chi connectivity index (χ1) is 40.8.